The molecule has 0 saturated heterocycles. The zero-order valence-corrected chi connectivity index (χ0v) is 12.1. The van der Waals surface area contributed by atoms with Crippen LogP contribution in [0.25, 0.3) is 0 Å². The van der Waals surface area contributed by atoms with Gasteiger partial charge < -0.3 is 4.74 Å². The first-order valence-corrected chi connectivity index (χ1v) is 7.51. The highest BCUT2D eigenvalue weighted by Crippen LogP contribution is 2.63. The minimum absolute atomic E-state index is 0.181. The van der Waals surface area contributed by atoms with Gasteiger partial charge in [0.05, 0.1) is 6.07 Å². The molecule has 3 heteroatoms. The Morgan fingerprint density at radius 1 is 1.16 bits per heavy atom. The Labute approximate surface area is 115 Å². The van der Waals surface area contributed by atoms with Gasteiger partial charge in [-0.05, 0) is 69.1 Å². The maximum absolute atomic E-state index is 11.2. The fourth-order valence-corrected chi connectivity index (χ4v) is 5.24. The van der Waals surface area contributed by atoms with Gasteiger partial charge in [-0.1, -0.05) is 0 Å². The van der Waals surface area contributed by atoms with E-state index in [0.717, 1.165) is 24.7 Å². The molecule has 0 aliphatic heterocycles. The first kappa shape index (κ1) is 13.0. The van der Waals surface area contributed by atoms with Crippen LogP contribution in [0.5, 0.6) is 0 Å². The summed E-state index contributed by atoms with van der Waals surface area (Å²) in [4.78, 5) is 11.2. The second kappa shape index (κ2) is 4.23. The zero-order chi connectivity index (χ0) is 13.8. The molecule has 0 aromatic rings. The minimum atomic E-state index is -0.349. The summed E-state index contributed by atoms with van der Waals surface area (Å²) in [6.45, 7) is 5.58. The lowest BCUT2D eigenvalue weighted by Crippen LogP contribution is -2.35. The van der Waals surface area contributed by atoms with Gasteiger partial charge in [0.1, 0.15) is 5.60 Å². The van der Waals surface area contributed by atoms with Crippen molar-refractivity contribution in [3.63, 3.8) is 0 Å². The summed E-state index contributed by atoms with van der Waals surface area (Å²) in [5, 5.41) is 9.23. The average molecular weight is 261 g/mol. The number of nitriles is 1. The van der Waals surface area contributed by atoms with Crippen LogP contribution in [0.1, 0.15) is 46.5 Å². The van der Waals surface area contributed by atoms with E-state index < -0.39 is 0 Å². The summed E-state index contributed by atoms with van der Waals surface area (Å²) in [5.41, 5.74) is -0.349. The molecule has 0 heterocycles. The highest BCUT2D eigenvalue weighted by Gasteiger charge is 2.58. The van der Waals surface area contributed by atoms with Crippen LogP contribution in [0.3, 0.4) is 0 Å². The lowest BCUT2D eigenvalue weighted by Gasteiger charge is -2.32. The van der Waals surface area contributed by atoms with E-state index in [9.17, 15) is 10.1 Å². The molecule has 6 atom stereocenters. The van der Waals surface area contributed by atoms with Crippen LogP contribution in [-0.4, -0.2) is 11.6 Å². The zero-order valence-electron chi connectivity index (χ0n) is 12.1. The van der Waals surface area contributed by atoms with E-state index in [1.54, 1.807) is 0 Å². The summed E-state index contributed by atoms with van der Waals surface area (Å²) >= 11 is 0. The van der Waals surface area contributed by atoms with E-state index in [4.69, 9.17) is 4.74 Å². The predicted molar refractivity (Wildman–Crippen MR) is 70.9 cm³/mol. The molecule has 3 nitrogen and oxygen atoms in total. The van der Waals surface area contributed by atoms with Crippen molar-refractivity contribution >= 4 is 5.97 Å². The highest BCUT2D eigenvalue weighted by atomic mass is 16.6. The third-order valence-corrected chi connectivity index (χ3v) is 6.02. The van der Waals surface area contributed by atoms with Crippen molar-refractivity contribution in [3.8, 4) is 6.07 Å². The summed E-state index contributed by atoms with van der Waals surface area (Å²) in [6, 6.07) is 2.51. The van der Waals surface area contributed by atoms with Crippen LogP contribution in [0, 0.1) is 46.8 Å². The van der Waals surface area contributed by atoms with E-state index in [1.165, 1.54) is 19.8 Å². The Bertz CT molecular complexity index is 437. The number of nitrogens with zero attached hydrogens (tertiary/aromatic N) is 1. The molecule has 0 aromatic heterocycles. The molecule has 6 unspecified atom stereocenters. The summed E-state index contributed by atoms with van der Waals surface area (Å²) in [7, 11) is 0. The fourth-order valence-electron chi connectivity index (χ4n) is 5.24. The largest absolute Gasteiger partial charge is 0.460 e. The molecule has 0 radical (unpaired) electrons. The van der Waals surface area contributed by atoms with E-state index in [2.05, 4.69) is 6.07 Å². The number of carbonyl (C=O) groups excluding carboxylic acids is 1. The Morgan fingerprint density at radius 2 is 1.84 bits per heavy atom. The molecule has 104 valence electrons. The second-order valence-electron chi connectivity index (χ2n) is 7.32. The van der Waals surface area contributed by atoms with Gasteiger partial charge in [-0.25, -0.2) is 0 Å². The predicted octanol–water partition coefficient (Wildman–Crippen LogP) is 3.15. The third kappa shape index (κ3) is 1.96. The van der Waals surface area contributed by atoms with Gasteiger partial charge in [0.2, 0.25) is 0 Å². The maximum atomic E-state index is 11.2. The van der Waals surface area contributed by atoms with Crippen molar-refractivity contribution in [2.24, 2.45) is 35.5 Å². The molecule has 3 saturated carbocycles. The van der Waals surface area contributed by atoms with Crippen molar-refractivity contribution in [3.05, 3.63) is 0 Å². The van der Waals surface area contributed by atoms with Crippen molar-refractivity contribution in [2.45, 2.75) is 52.1 Å². The second-order valence-corrected chi connectivity index (χ2v) is 7.32. The van der Waals surface area contributed by atoms with E-state index in [-0.39, 0.29) is 11.6 Å². The van der Waals surface area contributed by atoms with E-state index >= 15 is 0 Å². The molecule has 3 aliphatic carbocycles. The molecular weight excluding hydrogens is 238 g/mol. The number of fused-ring (bicyclic) bond motifs is 5. The van der Waals surface area contributed by atoms with E-state index in [0.29, 0.717) is 23.7 Å². The molecule has 3 fully saturated rings. The van der Waals surface area contributed by atoms with E-state index in [1.807, 2.05) is 13.8 Å². The average Bonchev–Trinajstić information content (AvgIpc) is 2.97. The van der Waals surface area contributed by atoms with Crippen LogP contribution in [0.2, 0.25) is 0 Å². The Balaban J connectivity index is 1.72. The number of ether oxygens (including phenoxy) is 1. The van der Waals surface area contributed by atoms with Gasteiger partial charge in [0.25, 0.3) is 0 Å². The number of hydrogen-bond acceptors (Lipinski definition) is 3. The topological polar surface area (TPSA) is 50.1 Å². The smallest absolute Gasteiger partial charge is 0.303 e. The Morgan fingerprint density at radius 3 is 2.47 bits per heavy atom. The van der Waals surface area contributed by atoms with Crippen LogP contribution >= 0.6 is 0 Å². The van der Waals surface area contributed by atoms with Crippen molar-refractivity contribution < 1.29 is 9.53 Å². The molecule has 3 aliphatic rings. The number of hydrogen-bond donors (Lipinski definition) is 0. The molecule has 2 bridgehead atoms. The minimum Gasteiger partial charge on any atom is -0.460 e. The normalized spacial score (nSPS) is 43.9. The number of esters is 1. The fraction of sp³-hybridized carbons (Fsp3) is 0.875. The summed E-state index contributed by atoms with van der Waals surface area (Å²) < 4.78 is 5.53. The molecule has 0 spiro atoms. The third-order valence-electron chi connectivity index (χ3n) is 6.02. The molecular formula is C16H23NO2. The van der Waals surface area contributed by atoms with Crippen LogP contribution in [-0.2, 0) is 9.53 Å². The molecule has 19 heavy (non-hydrogen) atoms. The quantitative estimate of drug-likeness (QED) is 0.717. The van der Waals surface area contributed by atoms with Crippen LogP contribution in [0.4, 0.5) is 0 Å². The SMILES string of the molecule is CC(=O)OC(C)(C)C1CC2C3CC(C#N)C(C3)C2C1. The number of carbonyl (C=O) groups is 1. The van der Waals surface area contributed by atoms with Gasteiger partial charge >= 0.3 is 5.97 Å². The van der Waals surface area contributed by atoms with Crippen molar-refractivity contribution in [1.29, 1.82) is 5.26 Å². The first-order chi connectivity index (χ1) is 8.92. The Hall–Kier alpha value is -1.04. The standard InChI is InChI=1S/C16H23NO2/c1-9(18)19-16(2,3)12-6-14-10-4-11(8-17)13(5-10)15(14)7-12/h10-15H,4-7H2,1-3H3. The van der Waals surface area contributed by atoms with Gasteiger partial charge in [-0.2, -0.15) is 5.26 Å². The molecule has 0 amide bonds. The highest BCUT2D eigenvalue weighted by molar-refractivity contribution is 5.66. The monoisotopic (exact) mass is 261 g/mol. The first-order valence-electron chi connectivity index (χ1n) is 7.51. The summed E-state index contributed by atoms with van der Waals surface area (Å²) in [6.07, 6.45) is 4.71. The van der Waals surface area contributed by atoms with Gasteiger partial charge in [0.15, 0.2) is 0 Å². The number of rotatable bonds is 2. The molecule has 3 rings (SSSR count). The van der Waals surface area contributed by atoms with Crippen molar-refractivity contribution in [2.75, 3.05) is 0 Å². The van der Waals surface area contributed by atoms with Crippen molar-refractivity contribution in [1.82, 2.24) is 0 Å². The molecule has 0 aromatic carbocycles. The van der Waals surface area contributed by atoms with Crippen LogP contribution in [0.15, 0.2) is 0 Å². The summed E-state index contributed by atoms with van der Waals surface area (Å²) in [5.74, 6) is 3.46. The lowest BCUT2D eigenvalue weighted by molar-refractivity contribution is -0.159. The maximum Gasteiger partial charge on any atom is 0.303 e. The van der Waals surface area contributed by atoms with Crippen LogP contribution < -0.4 is 0 Å². The Kier molecular flexibility index (Phi) is 2.89. The van der Waals surface area contributed by atoms with Gasteiger partial charge in [-0.3, -0.25) is 4.79 Å². The lowest BCUT2D eigenvalue weighted by atomic mass is 9.76. The van der Waals surface area contributed by atoms with Gasteiger partial charge in [-0.15, -0.1) is 0 Å². The molecule has 0 N–H and O–H groups in total. The van der Waals surface area contributed by atoms with Gasteiger partial charge in [0, 0.05) is 12.8 Å².